The molecule has 0 radical (unpaired) electrons. The number of Topliss-reactive ketones (excluding diaryl/α,β-unsaturated/α-hetero) is 2. The van der Waals surface area contributed by atoms with Gasteiger partial charge in [-0.1, -0.05) is 48.5 Å². The highest BCUT2D eigenvalue weighted by atomic mass is 16.1. The molecule has 0 fully saturated rings. The lowest BCUT2D eigenvalue weighted by atomic mass is 9.84. The Morgan fingerprint density at radius 2 is 1.00 bits per heavy atom. The molecule has 4 nitrogen and oxygen atoms in total. The fourth-order valence-corrected chi connectivity index (χ4v) is 3.97. The van der Waals surface area contributed by atoms with Crippen molar-refractivity contribution < 1.29 is 19.2 Å². The van der Waals surface area contributed by atoms with Crippen molar-refractivity contribution in [2.24, 2.45) is 0 Å². The third-order valence-electron chi connectivity index (χ3n) is 5.37. The maximum absolute atomic E-state index is 12.5. The molecule has 0 saturated heterocycles. The summed E-state index contributed by atoms with van der Waals surface area (Å²) in [5, 5.41) is 3.16. The summed E-state index contributed by atoms with van der Waals surface area (Å²) >= 11 is 0. The van der Waals surface area contributed by atoms with Crippen molar-refractivity contribution in [1.29, 1.82) is 0 Å². The number of fused-ring (bicyclic) bond motifs is 2. The molecule has 4 rings (SSSR count). The molecule has 0 aliphatic heterocycles. The Labute approximate surface area is 173 Å². The third kappa shape index (κ3) is 3.12. The van der Waals surface area contributed by atoms with Crippen molar-refractivity contribution in [3.05, 3.63) is 82.9 Å². The summed E-state index contributed by atoms with van der Waals surface area (Å²) < 4.78 is 0. The number of rotatable bonds is 5. The molecular formula is C26H18O4. The first-order chi connectivity index (χ1) is 14.4. The fourth-order valence-electron chi connectivity index (χ4n) is 3.97. The van der Waals surface area contributed by atoms with Gasteiger partial charge in [0.2, 0.25) is 0 Å². The Kier molecular flexibility index (Phi) is 4.84. The molecule has 4 heteroatoms. The predicted molar refractivity (Wildman–Crippen MR) is 118 cm³/mol. The van der Waals surface area contributed by atoms with Gasteiger partial charge in [0.25, 0.3) is 0 Å². The molecule has 0 bridgehead atoms. The van der Waals surface area contributed by atoms with E-state index in [1.165, 1.54) is 13.8 Å². The maximum atomic E-state index is 12.5. The van der Waals surface area contributed by atoms with E-state index in [0.29, 0.717) is 33.4 Å². The number of hydrogen-bond donors (Lipinski definition) is 0. The molecule has 4 aromatic carbocycles. The molecule has 0 saturated carbocycles. The highest BCUT2D eigenvalue weighted by Gasteiger charge is 2.21. The zero-order valence-electron chi connectivity index (χ0n) is 16.6. The topological polar surface area (TPSA) is 68.3 Å². The summed E-state index contributed by atoms with van der Waals surface area (Å²) in [4.78, 5) is 47.5. The second-order valence-electron chi connectivity index (χ2n) is 7.29. The van der Waals surface area contributed by atoms with Crippen LogP contribution in [0.5, 0.6) is 0 Å². The monoisotopic (exact) mass is 394 g/mol. The lowest BCUT2D eigenvalue weighted by Gasteiger charge is -2.17. The van der Waals surface area contributed by atoms with Crippen molar-refractivity contribution in [2.45, 2.75) is 13.8 Å². The lowest BCUT2D eigenvalue weighted by molar-refractivity contribution is 0.100. The molecule has 0 N–H and O–H groups in total. The first-order valence-corrected chi connectivity index (χ1v) is 9.50. The zero-order valence-corrected chi connectivity index (χ0v) is 16.6. The first kappa shape index (κ1) is 19.4. The van der Waals surface area contributed by atoms with Crippen LogP contribution in [0, 0.1) is 0 Å². The standard InChI is InChI=1S/C26H18O4/c1-15(29)21-9-5-19-11-17(13-27)3-7-23(19)25(21)26-22(16(2)30)10-6-20-12-18(14-28)4-8-24(20)26/h3-14H,1-2H3. The second kappa shape index (κ2) is 7.48. The van der Waals surface area contributed by atoms with Gasteiger partial charge in [-0.3, -0.25) is 19.2 Å². The molecule has 0 amide bonds. The van der Waals surface area contributed by atoms with Crippen LogP contribution in [0.25, 0.3) is 32.7 Å². The van der Waals surface area contributed by atoms with Gasteiger partial charge in [-0.05, 0) is 47.5 Å². The van der Waals surface area contributed by atoms with Crippen LogP contribution < -0.4 is 0 Å². The van der Waals surface area contributed by atoms with Gasteiger partial charge in [0.05, 0.1) is 0 Å². The van der Waals surface area contributed by atoms with Gasteiger partial charge < -0.3 is 0 Å². The average molecular weight is 394 g/mol. The van der Waals surface area contributed by atoms with Gasteiger partial charge in [-0.2, -0.15) is 0 Å². The number of benzene rings is 4. The van der Waals surface area contributed by atoms with Crippen LogP contribution in [-0.2, 0) is 0 Å². The van der Waals surface area contributed by atoms with Crippen molar-refractivity contribution >= 4 is 45.7 Å². The summed E-state index contributed by atoms with van der Waals surface area (Å²) in [6, 6.07) is 17.6. The van der Waals surface area contributed by atoms with E-state index in [1.807, 2.05) is 24.3 Å². The molecule has 30 heavy (non-hydrogen) atoms. The fraction of sp³-hybridized carbons (Fsp3) is 0.0769. The Morgan fingerprint density at radius 1 is 0.600 bits per heavy atom. The van der Waals surface area contributed by atoms with Crippen LogP contribution in [0.2, 0.25) is 0 Å². The minimum atomic E-state index is -0.123. The third-order valence-corrected chi connectivity index (χ3v) is 5.37. The number of aldehydes is 2. The van der Waals surface area contributed by atoms with Crippen LogP contribution in [0.15, 0.2) is 60.7 Å². The molecule has 0 aliphatic rings. The van der Waals surface area contributed by atoms with Crippen LogP contribution in [0.1, 0.15) is 55.3 Å². The zero-order chi connectivity index (χ0) is 21.4. The van der Waals surface area contributed by atoms with Crippen molar-refractivity contribution in [3.63, 3.8) is 0 Å². The minimum Gasteiger partial charge on any atom is -0.298 e. The quantitative estimate of drug-likeness (QED) is 0.322. The first-order valence-electron chi connectivity index (χ1n) is 9.50. The number of carbonyl (C=O) groups is 4. The van der Waals surface area contributed by atoms with Gasteiger partial charge in [-0.25, -0.2) is 0 Å². The molecular weight excluding hydrogens is 376 g/mol. The highest BCUT2D eigenvalue weighted by Crippen LogP contribution is 2.40. The van der Waals surface area contributed by atoms with Crippen LogP contribution in [0.4, 0.5) is 0 Å². The molecule has 0 aliphatic carbocycles. The minimum absolute atomic E-state index is 0.123. The summed E-state index contributed by atoms with van der Waals surface area (Å²) in [5.74, 6) is -0.246. The summed E-state index contributed by atoms with van der Waals surface area (Å²) in [5.41, 5.74) is 3.37. The molecule has 0 heterocycles. The molecule has 0 spiro atoms. The smallest absolute Gasteiger partial charge is 0.160 e. The number of carbonyl (C=O) groups excluding carboxylic acids is 4. The summed E-state index contributed by atoms with van der Waals surface area (Å²) in [7, 11) is 0. The van der Waals surface area contributed by atoms with Gasteiger partial charge in [0, 0.05) is 33.4 Å². The van der Waals surface area contributed by atoms with Gasteiger partial charge in [-0.15, -0.1) is 0 Å². The van der Waals surface area contributed by atoms with Gasteiger partial charge in [0.1, 0.15) is 12.6 Å². The average Bonchev–Trinajstić information content (AvgIpc) is 2.76. The number of hydrogen-bond acceptors (Lipinski definition) is 4. The van der Waals surface area contributed by atoms with E-state index < -0.39 is 0 Å². The predicted octanol–water partition coefficient (Wildman–Crippen LogP) is 5.69. The lowest BCUT2D eigenvalue weighted by Crippen LogP contribution is -2.03. The van der Waals surface area contributed by atoms with E-state index in [4.69, 9.17) is 0 Å². The van der Waals surface area contributed by atoms with E-state index in [9.17, 15) is 19.2 Å². The Bertz CT molecular complexity index is 1270. The van der Waals surface area contributed by atoms with Crippen molar-refractivity contribution in [2.75, 3.05) is 0 Å². The normalized spacial score (nSPS) is 10.9. The number of ketones is 2. The van der Waals surface area contributed by atoms with E-state index in [-0.39, 0.29) is 11.6 Å². The van der Waals surface area contributed by atoms with Gasteiger partial charge >= 0.3 is 0 Å². The molecule has 0 atom stereocenters. The SMILES string of the molecule is CC(=O)c1ccc2cc(C=O)ccc2c1-c1c(C(C)=O)ccc2cc(C=O)ccc12. The van der Waals surface area contributed by atoms with E-state index in [0.717, 1.165) is 34.1 Å². The Balaban J connectivity index is 2.23. The Hall–Kier alpha value is -3.92. The molecule has 0 aromatic heterocycles. The maximum Gasteiger partial charge on any atom is 0.160 e. The van der Waals surface area contributed by atoms with Crippen LogP contribution >= 0.6 is 0 Å². The Morgan fingerprint density at radius 3 is 1.33 bits per heavy atom. The highest BCUT2D eigenvalue weighted by molar-refractivity contribution is 6.19. The van der Waals surface area contributed by atoms with Crippen LogP contribution in [-0.4, -0.2) is 24.1 Å². The van der Waals surface area contributed by atoms with E-state index in [2.05, 4.69) is 0 Å². The summed E-state index contributed by atoms with van der Waals surface area (Å²) in [6.07, 6.45) is 1.55. The van der Waals surface area contributed by atoms with E-state index in [1.54, 1.807) is 36.4 Å². The summed E-state index contributed by atoms with van der Waals surface area (Å²) in [6.45, 7) is 2.99. The largest absolute Gasteiger partial charge is 0.298 e. The van der Waals surface area contributed by atoms with Gasteiger partial charge in [0.15, 0.2) is 11.6 Å². The van der Waals surface area contributed by atoms with Crippen molar-refractivity contribution in [1.82, 2.24) is 0 Å². The second-order valence-corrected chi connectivity index (χ2v) is 7.29. The van der Waals surface area contributed by atoms with E-state index >= 15 is 0 Å². The van der Waals surface area contributed by atoms with Crippen molar-refractivity contribution in [3.8, 4) is 11.1 Å². The molecule has 4 aromatic rings. The molecule has 146 valence electrons. The van der Waals surface area contributed by atoms with Crippen LogP contribution in [0.3, 0.4) is 0 Å². The molecule has 0 unspecified atom stereocenters.